The normalized spacial score (nSPS) is 15.4. The SMILES string of the molecule is CC(C)c1c2cc(-c3nc(Nc4ccc(N5CC=NC(CCC(=O)OC(C)(C)C)C5)cn4)ncc3F)ccc2nn1C. The summed E-state index contributed by atoms with van der Waals surface area (Å²) in [5, 5.41) is 8.64. The summed E-state index contributed by atoms with van der Waals surface area (Å²) in [6, 6.07) is 9.43. The van der Waals surface area contributed by atoms with E-state index in [-0.39, 0.29) is 29.6 Å². The number of nitrogens with one attached hydrogen (secondary N) is 1. The highest BCUT2D eigenvalue weighted by Gasteiger charge is 2.22. The topological polar surface area (TPSA) is 110 Å². The maximum absolute atomic E-state index is 14.9. The van der Waals surface area contributed by atoms with E-state index in [9.17, 15) is 9.18 Å². The number of carbonyl (C=O) groups excluding carboxylic acids is 1. The summed E-state index contributed by atoms with van der Waals surface area (Å²) >= 11 is 0. The molecule has 5 rings (SSSR count). The van der Waals surface area contributed by atoms with Gasteiger partial charge in [0.05, 0.1) is 36.2 Å². The average molecular weight is 573 g/mol. The number of aryl methyl sites for hydroxylation is 1. The minimum absolute atomic E-state index is 0.00221. The van der Waals surface area contributed by atoms with Crippen molar-refractivity contribution in [2.24, 2.45) is 12.0 Å². The number of hydrogen-bond donors (Lipinski definition) is 1. The molecular weight excluding hydrogens is 535 g/mol. The largest absolute Gasteiger partial charge is 0.460 e. The number of esters is 1. The fraction of sp³-hybridized carbons (Fsp3) is 0.419. The van der Waals surface area contributed by atoms with Crippen molar-refractivity contribution in [1.29, 1.82) is 0 Å². The number of halogens is 1. The highest BCUT2D eigenvalue weighted by molar-refractivity contribution is 5.87. The van der Waals surface area contributed by atoms with Gasteiger partial charge in [0.2, 0.25) is 5.95 Å². The molecule has 1 aromatic carbocycles. The van der Waals surface area contributed by atoms with Crippen LogP contribution in [0.4, 0.5) is 21.8 Å². The van der Waals surface area contributed by atoms with Crippen molar-refractivity contribution in [3.8, 4) is 11.3 Å². The molecular formula is C31H37FN8O2. The zero-order valence-electron chi connectivity index (χ0n) is 24.9. The maximum Gasteiger partial charge on any atom is 0.306 e. The molecule has 0 spiro atoms. The van der Waals surface area contributed by atoms with Crippen molar-refractivity contribution >= 4 is 40.5 Å². The summed E-state index contributed by atoms with van der Waals surface area (Å²) in [5.41, 5.74) is 3.23. The molecule has 0 fully saturated rings. The lowest BCUT2D eigenvalue weighted by atomic mass is 10.0. The third-order valence-electron chi connectivity index (χ3n) is 6.95. The molecule has 220 valence electrons. The molecule has 3 aromatic heterocycles. The van der Waals surface area contributed by atoms with Crippen LogP contribution in [-0.4, -0.2) is 61.6 Å². The number of hydrogen-bond acceptors (Lipinski definition) is 9. The Hall–Kier alpha value is -4.41. The first-order chi connectivity index (χ1) is 20.0. The van der Waals surface area contributed by atoms with Crippen LogP contribution in [0.15, 0.2) is 47.7 Å². The molecule has 0 radical (unpaired) electrons. The van der Waals surface area contributed by atoms with Crippen molar-refractivity contribution in [2.45, 2.75) is 65.0 Å². The molecule has 0 amide bonds. The van der Waals surface area contributed by atoms with Crippen LogP contribution < -0.4 is 10.2 Å². The molecule has 1 aliphatic heterocycles. The van der Waals surface area contributed by atoms with Gasteiger partial charge in [-0.25, -0.2) is 19.3 Å². The third-order valence-corrected chi connectivity index (χ3v) is 6.95. The van der Waals surface area contributed by atoms with Crippen LogP contribution in [0.5, 0.6) is 0 Å². The van der Waals surface area contributed by atoms with Gasteiger partial charge in [-0.1, -0.05) is 19.9 Å². The van der Waals surface area contributed by atoms with E-state index in [1.54, 1.807) is 6.20 Å². The Balaban J connectivity index is 1.26. The molecule has 4 aromatic rings. The lowest BCUT2D eigenvalue weighted by Gasteiger charge is -2.30. The number of carbonyl (C=O) groups is 1. The van der Waals surface area contributed by atoms with Gasteiger partial charge in [-0.2, -0.15) is 5.10 Å². The summed E-state index contributed by atoms with van der Waals surface area (Å²) in [5.74, 6) is 0.321. The first-order valence-electron chi connectivity index (χ1n) is 14.2. The monoisotopic (exact) mass is 572 g/mol. The van der Waals surface area contributed by atoms with Crippen LogP contribution >= 0.6 is 0 Å². The summed E-state index contributed by atoms with van der Waals surface area (Å²) in [6.45, 7) is 11.1. The minimum atomic E-state index is -0.508. The zero-order valence-corrected chi connectivity index (χ0v) is 24.9. The van der Waals surface area contributed by atoms with Gasteiger partial charge in [-0.05, 0) is 57.4 Å². The molecule has 0 aliphatic carbocycles. The van der Waals surface area contributed by atoms with Crippen molar-refractivity contribution < 1.29 is 13.9 Å². The second kappa shape index (κ2) is 11.8. The van der Waals surface area contributed by atoms with Gasteiger partial charge in [0, 0.05) is 42.9 Å². The summed E-state index contributed by atoms with van der Waals surface area (Å²) in [4.78, 5) is 32.0. The molecule has 0 bridgehead atoms. The number of fused-ring (bicyclic) bond motifs is 1. The summed E-state index contributed by atoms with van der Waals surface area (Å²) in [6.07, 6.45) is 5.74. The Morgan fingerprint density at radius 3 is 2.69 bits per heavy atom. The molecule has 4 heterocycles. The smallest absolute Gasteiger partial charge is 0.306 e. The van der Waals surface area contributed by atoms with Gasteiger partial charge in [0.15, 0.2) is 5.82 Å². The van der Waals surface area contributed by atoms with E-state index in [0.717, 1.165) is 22.3 Å². The van der Waals surface area contributed by atoms with Crippen molar-refractivity contribution in [3.63, 3.8) is 0 Å². The van der Waals surface area contributed by atoms with Gasteiger partial charge in [-0.15, -0.1) is 0 Å². The zero-order chi connectivity index (χ0) is 30.0. The van der Waals surface area contributed by atoms with Crippen molar-refractivity contribution in [3.05, 3.63) is 54.2 Å². The first kappa shape index (κ1) is 29.1. The third kappa shape index (κ3) is 6.72. The van der Waals surface area contributed by atoms with Gasteiger partial charge in [0.1, 0.15) is 17.1 Å². The molecule has 42 heavy (non-hydrogen) atoms. The fourth-order valence-electron chi connectivity index (χ4n) is 5.17. The standard InChI is InChI=1S/C31H37FN8O2/c1-19(2)29-23-15-20(7-10-25(23)38-39(29)6)28-24(32)17-35-30(37-28)36-26-11-9-22(16-34-26)40-14-13-33-21(18-40)8-12-27(41)42-31(3,4)5/h7,9-11,13,15-17,19,21H,8,12,14,18H2,1-6H3,(H,34,35,36,37). The van der Waals surface area contributed by atoms with Crippen molar-refractivity contribution in [2.75, 3.05) is 23.3 Å². The molecule has 10 nitrogen and oxygen atoms in total. The van der Waals surface area contributed by atoms with Crippen LogP contribution in [0, 0.1) is 5.82 Å². The number of anilines is 3. The lowest BCUT2D eigenvalue weighted by Crippen LogP contribution is -2.37. The van der Waals surface area contributed by atoms with Crippen LogP contribution in [0.25, 0.3) is 22.2 Å². The Kier molecular flexibility index (Phi) is 8.20. The fourth-order valence-corrected chi connectivity index (χ4v) is 5.17. The number of benzene rings is 1. The predicted molar refractivity (Wildman–Crippen MR) is 163 cm³/mol. The highest BCUT2D eigenvalue weighted by atomic mass is 19.1. The quantitative estimate of drug-likeness (QED) is 0.263. The average Bonchev–Trinajstić information content (AvgIpc) is 3.28. The van der Waals surface area contributed by atoms with Gasteiger partial charge in [-0.3, -0.25) is 14.5 Å². The number of aromatic nitrogens is 5. The number of aliphatic imine (C=N–C) groups is 1. The Morgan fingerprint density at radius 1 is 1.17 bits per heavy atom. The van der Waals surface area contributed by atoms with Gasteiger partial charge < -0.3 is 15.0 Å². The summed E-state index contributed by atoms with van der Waals surface area (Å²) < 4.78 is 22.2. The highest BCUT2D eigenvalue weighted by Crippen LogP contribution is 2.30. The number of nitrogens with zero attached hydrogens (tertiary/aromatic N) is 7. The van der Waals surface area contributed by atoms with Gasteiger partial charge >= 0.3 is 5.97 Å². The van der Waals surface area contributed by atoms with E-state index >= 15 is 0 Å². The second-order valence-corrected chi connectivity index (χ2v) is 11.8. The van der Waals surface area contributed by atoms with Crippen LogP contribution in [0.2, 0.25) is 0 Å². The molecule has 1 atom stereocenters. The number of ether oxygens (including phenoxy) is 1. The molecule has 11 heteroatoms. The van der Waals surface area contributed by atoms with Crippen molar-refractivity contribution in [1.82, 2.24) is 24.7 Å². The van der Waals surface area contributed by atoms with Crippen LogP contribution in [0.3, 0.4) is 0 Å². The van der Waals surface area contributed by atoms with Crippen LogP contribution in [0.1, 0.15) is 59.1 Å². The van der Waals surface area contributed by atoms with Crippen LogP contribution in [-0.2, 0) is 16.6 Å². The van der Waals surface area contributed by atoms with E-state index in [1.807, 2.05) is 69.0 Å². The molecule has 0 saturated carbocycles. The second-order valence-electron chi connectivity index (χ2n) is 11.8. The van der Waals surface area contributed by atoms with E-state index in [4.69, 9.17) is 4.74 Å². The van der Waals surface area contributed by atoms with E-state index in [0.29, 0.717) is 37.3 Å². The number of rotatable bonds is 8. The Labute approximate surface area is 245 Å². The Bertz CT molecular complexity index is 1610. The number of pyridine rings is 1. The first-order valence-corrected chi connectivity index (χ1v) is 14.2. The molecule has 1 aliphatic rings. The van der Waals surface area contributed by atoms with E-state index in [1.165, 1.54) is 6.20 Å². The summed E-state index contributed by atoms with van der Waals surface area (Å²) in [7, 11) is 1.92. The molecule has 1 N–H and O–H groups in total. The molecule has 1 unspecified atom stereocenters. The van der Waals surface area contributed by atoms with Gasteiger partial charge in [0.25, 0.3) is 0 Å². The minimum Gasteiger partial charge on any atom is -0.460 e. The van der Waals surface area contributed by atoms with E-state index in [2.05, 4.69) is 49.1 Å². The maximum atomic E-state index is 14.9. The van der Waals surface area contributed by atoms with E-state index < -0.39 is 11.4 Å². The molecule has 0 saturated heterocycles. The predicted octanol–water partition coefficient (Wildman–Crippen LogP) is 5.81. The Morgan fingerprint density at radius 2 is 1.98 bits per heavy atom. The lowest BCUT2D eigenvalue weighted by molar-refractivity contribution is -0.155.